The maximum atomic E-state index is 6.91. The Labute approximate surface area is 250 Å². The first kappa shape index (κ1) is 25.0. The van der Waals surface area contributed by atoms with Crippen LogP contribution in [0.4, 0.5) is 34.1 Å². The molecule has 0 bridgehead atoms. The summed E-state index contributed by atoms with van der Waals surface area (Å²) in [5.74, 6) is 0. The summed E-state index contributed by atoms with van der Waals surface area (Å²) < 4.78 is 6.91. The van der Waals surface area contributed by atoms with Crippen LogP contribution < -0.4 is 9.80 Å². The van der Waals surface area contributed by atoms with Crippen LogP contribution in [0, 0.1) is 0 Å². The Morgan fingerprint density at radius 1 is 0.372 bits per heavy atom. The molecule has 0 aliphatic carbocycles. The molecule has 0 spiro atoms. The van der Waals surface area contributed by atoms with E-state index in [-0.39, 0.29) is 0 Å². The Hall–Kier alpha value is -5.80. The number of hydrogen-bond acceptors (Lipinski definition) is 3. The van der Waals surface area contributed by atoms with Crippen LogP contribution in [0.2, 0.25) is 0 Å². The number of furan rings is 1. The van der Waals surface area contributed by atoms with Crippen molar-refractivity contribution in [2.24, 2.45) is 0 Å². The highest BCUT2D eigenvalue weighted by atomic mass is 16.3. The van der Waals surface area contributed by atoms with Crippen molar-refractivity contribution in [1.82, 2.24) is 0 Å². The molecule has 43 heavy (non-hydrogen) atoms. The van der Waals surface area contributed by atoms with Gasteiger partial charge in [-0.25, -0.2) is 0 Å². The molecular weight excluding hydrogens is 524 g/mol. The molecule has 0 amide bonds. The molecule has 7 aromatic carbocycles. The lowest BCUT2D eigenvalue weighted by Gasteiger charge is -2.29. The number of nitrogens with zero attached hydrogens (tertiary/aromatic N) is 2. The molecule has 8 aromatic rings. The molecule has 0 N–H and O–H groups in total. The fourth-order valence-electron chi connectivity index (χ4n) is 6.06. The van der Waals surface area contributed by atoms with Crippen LogP contribution in [-0.4, -0.2) is 0 Å². The van der Waals surface area contributed by atoms with Gasteiger partial charge in [0.1, 0.15) is 5.58 Å². The Morgan fingerprint density at radius 3 is 1.26 bits per heavy atom. The molecule has 0 unspecified atom stereocenters. The third-order valence-electron chi connectivity index (χ3n) is 7.98. The number of rotatable bonds is 6. The summed E-state index contributed by atoms with van der Waals surface area (Å²) in [5, 5.41) is 4.50. The molecule has 1 heterocycles. The van der Waals surface area contributed by atoms with Crippen molar-refractivity contribution in [2.45, 2.75) is 0 Å². The number of anilines is 6. The van der Waals surface area contributed by atoms with E-state index in [2.05, 4.69) is 180 Å². The van der Waals surface area contributed by atoms with Crippen molar-refractivity contribution >= 4 is 66.8 Å². The van der Waals surface area contributed by atoms with Crippen molar-refractivity contribution in [3.8, 4) is 0 Å². The zero-order valence-corrected chi connectivity index (χ0v) is 23.5. The highest BCUT2D eigenvalue weighted by Gasteiger charge is 2.25. The number of hydrogen-bond donors (Lipinski definition) is 0. The molecular formula is C40H28N2O. The summed E-state index contributed by atoms with van der Waals surface area (Å²) in [7, 11) is 0. The summed E-state index contributed by atoms with van der Waals surface area (Å²) >= 11 is 0. The van der Waals surface area contributed by atoms with Crippen molar-refractivity contribution in [2.75, 3.05) is 9.80 Å². The molecule has 0 radical (unpaired) electrons. The summed E-state index contributed by atoms with van der Waals surface area (Å²) in [6.45, 7) is 0. The lowest BCUT2D eigenvalue weighted by atomic mass is 10.0. The van der Waals surface area contributed by atoms with Gasteiger partial charge in [0.15, 0.2) is 5.58 Å². The quantitative estimate of drug-likeness (QED) is 0.205. The predicted molar refractivity (Wildman–Crippen MR) is 181 cm³/mol. The minimum atomic E-state index is 0.840. The fourth-order valence-corrected chi connectivity index (χ4v) is 6.06. The molecule has 0 saturated carbocycles. The van der Waals surface area contributed by atoms with E-state index in [0.29, 0.717) is 0 Å². The molecule has 0 fully saturated rings. The SMILES string of the molecule is c1ccc(N(c2ccccc2)c2ccc(N(c3ccccc3)c3ccccc3)c3c2oc2cc4ccccc4cc23)cc1. The standard InChI is InChI=1S/C40H28N2O/c1-5-17-31(18-6-1)41(32-19-7-2-8-20-32)36-25-26-37(42(33-21-9-3-10-22-33)34-23-11-4-12-24-34)40-39(36)35-27-29-15-13-14-16-30(29)28-38(35)43-40/h1-28H. The molecule has 0 atom stereocenters. The number of benzene rings is 7. The summed E-state index contributed by atoms with van der Waals surface area (Å²) in [4.78, 5) is 4.61. The van der Waals surface area contributed by atoms with E-state index < -0.39 is 0 Å². The molecule has 0 aliphatic heterocycles. The highest BCUT2D eigenvalue weighted by Crippen LogP contribution is 2.49. The average Bonchev–Trinajstić information content (AvgIpc) is 3.45. The van der Waals surface area contributed by atoms with Gasteiger partial charge >= 0.3 is 0 Å². The van der Waals surface area contributed by atoms with E-state index in [4.69, 9.17) is 4.42 Å². The number of para-hydroxylation sites is 4. The summed E-state index contributed by atoms with van der Waals surface area (Å²) in [5.41, 5.74) is 8.05. The van der Waals surface area contributed by atoms with E-state index in [1.165, 1.54) is 5.39 Å². The third kappa shape index (κ3) is 4.39. The zero-order valence-electron chi connectivity index (χ0n) is 23.5. The first-order valence-electron chi connectivity index (χ1n) is 14.5. The monoisotopic (exact) mass is 552 g/mol. The predicted octanol–water partition coefficient (Wildman–Crippen LogP) is 11.7. The van der Waals surface area contributed by atoms with Crippen molar-refractivity contribution in [3.05, 3.63) is 170 Å². The lowest BCUT2D eigenvalue weighted by molar-refractivity contribution is 0.669. The van der Waals surface area contributed by atoms with Gasteiger partial charge in [0.2, 0.25) is 0 Å². The first-order valence-corrected chi connectivity index (χ1v) is 14.5. The molecule has 1 aromatic heterocycles. The van der Waals surface area contributed by atoms with Crippen LogP contribution in [0.15, 0.2) is 174 Å². The van der Waals surface area contributed by atoms with Gasteiger partial charge in [-0.1, -0.05) is 97.1 Å². The fraction of sp³-hybridized carbons (Fsp3) is 0. The molecule has 0 aliphatic rings. The average molecular weight is 553 g/mol. The van der Waals surface area contributed by atoms with Crippen LogP contribution in [0.5, 0.6) is 0 Å². The van der Waals surface area contributed by atoms with Gasteiger partial charge in [-0.15, -0.1) is 0 Å². The van der Waals surface area contributed by atoms with Crippen LogP contribution in [-0.2, 0) is 0 Å². The van der Waals surface area contributed by atoms with E-state index in [0.717, 1.165) is 61.4 Å². The van der Waals surface area contributed by atoms with Gasteiger partial charge in [-0.3, -0.25) is 0 Å². The van der Waals surface area contributed by atoms with E-state index in [9.17, 15) is 0 Å². The van der Waals surface area contributed by atoms with Crippen LogP contribution in [0.3, 0.4) is 0 Å². The van der Waals surface area contributed by atoms with E-state index >= 15 is 0 Å². The van der Waals surface area contributed by atoms with Crippen LogP contribution in [0.25, 0.3) is 32.7 Å². The zero-order chi connectivity index (χ0) is 28.6. The maximum Gasteiger partial charge on any atom is 0.161 e. The second-order valence-corrected chi connectivity index (χ2v) is 10.6. The molecule has 3 nitrogen and oxygen atoms in total. The minimum absolute atomic E-state index is 0.840. The molecule has 3 heteroatoms. The smallest absolute Gasteiger partial charge is 0.161 e. The van der Waals surface area contributed by atoms with Gasteiger partial charge < -0.3 is 14.2 Å². The molecule has 204 valence electrons. The number of fused-ring (bicyclic) bond motifs is 4. The minimum Gasteiger partial charge on any atom is -0.454 e. The lowest BCUT2D eigenvalue weighted by Crippen LogP contribution is -2.12. The van der Waals surface area contributed by atoms with E-state index in [1.807, 2.05) is 0 Å². The van der Waals surface area contributed by atoms with Crippen molar-refractivity contribution < 1.29 is 4.42 Å². The topological polar surface area (TPSA) is 19.6 Å². The van der Waals surface area contributed by atoms with Gasteiger partial charge in [0.25, 0.3) is 0 Å². The van der Waals surface area contributed by atoms with Gasteiger partial charge in [-0.05, 0) is 83.6 Å². The Bertz CT molecular complexity index is 2090. The van der Waals surface area contributed by atoms with Gasteiger partial charge in [-0.2, -0.15) is 0 Å². The molecule has 8 rings (SSSR count). The maximum absolute atomic E-state index is 6.91. The Balaban J connectivity index is 1.49. The van der Waals surface area contributed by atoms with Gasteiger partial charge in [0, 0.05) is 28.1 Å². The second kappa shape index (κ2) is 10.6. The largest absolute Gasteiger partial charge is 0.454 e. The highest BCUT2D eigenvalue weighted by molar-refractivity contribution is 6.19. The normalized spacial score (nSPS) is 11.3. The first-order chi connectivity index (χ1) is 21.3. The Kier molecular flexibility index (Phi) is 6.12. The van der Waals surface area contributed by atoms with Crippen molar-refractivity contribution in [3.63, 3.8) is 0 Å². The summed E-state index contributed by atoms with van der Waals surface area (Å²) in [6, 6.07) is 59.4. The van der Waals surface area contributed by atoms with Crippen molar-refractivity contribution in [1.29, 1.82) is 0 Å². The third-order valence-corrected chi connectivity index (χ3v) is 7.98. The Morgan fingerprint density at radius 2 is 0.767 bits per heavy atom. The van der Waals surface area contributed by atoms with E-state index in [1.54, 1.807) is 0 Å². The van der Waals surface area contributed by atoms with Crippen LogP contribution >= 0.6 is 0 Å². The summed E-state index contributed by atoms with van der Waals surface area (Å²) in [6.07, 6.45) is 0. The molecule has 0 saturated heterocycles. The van der Waals surface area contributed by atoms with Gasteiger partial charge in [0.05, 0.1) is 16.8 Å². The van der Waals surface area contributed by atoms with Crippen LogP contribution in [0.1, 0.15) is 0 Å². The second-order valence-electron chi connectivity index (χ2n) is 10.6.